The van der Waals surface area contributed by atoms with Crippen molar-refractivity contribution in [2.24, 2.45) is 17.4 Å². The molecule has 5 aromatic rings. The monoisotopic (exact) mass is 1110 g/mol. The minimum absolute atomic E-state index is 0.0387. The molecule has 0 spiro atoms. The average Bonchev–Trinajstić information content (AvgIpc) is 3.83. The molecule has 0 radical (unpaired) electrons. The van der Waals surface area contributed by atoms with E-state index < -0.39 is 108 Å². The van der Waals surface area contributed by atoms with Crippen molar-refractivity contribution in [2.45, 2.75) is 114 Å². The minimum atomic E-state index is -1.46. The number of phenols is 1. The van der Waals surface area contributed by atoms with Gasteiger partial charge in [-0.3, -0.25) is 38.4 Å². The maximum absolute atomic E-state index is 14.8. The number of aliphatic hydroxyl groups is 1. The molecule has 1 heterocycles. The number of carbonyl (C=O) groups excluding carboxylic acids is 8. The third-order valence-electron chi connectivity index (χ3n) is 13.2. The number of aliphatic hydroxyl groups excluding tert-OH is 1. The normalized spacial score (nSPS) is 14.8. The topological polar surface area (TPSA) is 341 Å². The molecule has 8 amide bonds. The number of amides is 8. The second-order valence-corrected chi connectivity index (χ2v) is 20.2. The Morgan fingerprint density at radius 1 is 0.564 bits per heavy atom. The van der Waals surface area contributed by atoms with Gasteiger partial charge in [0.15, 0.2) is 0 Å². The summed E-state index contributed by atoms with van der Waals surface area (Å²) in [5.74, 6) is -7.25. The van der Waals surface area contributed by atoms with E-state index in [1.165, 1.54) is 19.1 Å². The molecule has 0 fully saturated rings. The van der Waals surface area contributed by atoms with Crippen LogP contribution in [-0.2, 0) is 57.6 Å². The highest BCUT2D eigenvalue weighted by atomic mass is 32.1. The number of aromatic nitrogens is 1. The van der Waals surface area contributed by atoms with Gasteiger partial charge in [0.25, 0.3) is 0 Å². The van der Waals surface area contributed by atoms with E-state index in [1.807, 2.05) is 66.7 Å². The molecule has 0 saturated heterocycles. The highest BCUT2D eigenvalue weighted by Crippen LogP contribution is 2.21. The third-order valence-corrected chi connectivity index (χ3v) is 13.9. The van der Waals surface area contributed by atoms with Gasteiger partial charge in [-0.2, -0.15) is 25.3 Å². The van der Waals surface area contributed by atoms with E-state index in [9.17, 15) is 48.6 Å². The molecule has 420 valence electrons. The Balaban J connectivity index is 1.40. The van der Waals surface area contributed by atoms with Gasteiger partial charge in [0.2, 0.25) is 47.3 Å². The van der Waals surface area contributed by atoms with Crippen LogP contribution in [0.15, 0.2) is 97.2 Å². The number of fused-ring (bicyclic) bond motifs is 2. The predicted molar refractivity (Wildman–Crippen MR) is 304 cm³/mol. The summed E-state index contributed by atoms with van der Waals surface area (Å²) in [6.07, 6.45) is 1.30. The highest BCUT2D eigenvalue weighted by Gasteiger charge is 2.36. The van der Waals surface area contributed by atoms with Gasteiger partial charge in [0, 0.05) is 41.4 Å². The predicted octanol–water partition coefficient (Wildman–Crippen LogP) is 0.547. The van der Waals surface area contributed by atoms with Crippen LogP contribution in [0.1, 0.15) is 56.7 Å². The van der Waals surface area contributed by atoms with Crippen molar-refractivity contribution >= 4 is 94.2 Å². The number of primary amides is 1. The summed E-state index contributed by atoms with van der Waals surface area (Å²) in [7, 11) is 1.63. The highest BCUT2D eigenvalue weighted by molar-refractivity contribution is 7.80. The first kappa shape index (κ1) is 61.7. The number of para-hydroxylation sites is 1. The molecule has 23 heteroatoms. The Morgan fingerprint density at radius 3 is 1.67 bits per heavy atom. The number of phenolic OH excluding ortho intramolecular Hbond substituents is 1. The van der Waals surface area contributed by atoms with Gasteiger partial charge < -0.3 is 69.2 Å². The van der Waals surface area contributed by atoms with Crippen molar-refractivity contribution in [1.82, 2.24) is 47.5 Å². The largest absolute Gasteiger partial charge is 0.508 e. The number of aromatic amines is 1. The first-order valence-electron chi connectivity index (χ1n) is 25.8. The number of benzene rings is 4. The smallest absolute Gasteiger partial charge is 0.244 e. The van der Waals surface area contributed by atoms with Crippen molar-refractivity contribution in [1.29, 1.82) is 0 Å². The molecule has 0 saturated carbocycles. The van der Waals surface area contributed by atoms with Crippen LogP contribution in [-0.4, -0.2) is 142 Å². The molecule has 15 N–H and O–H groups in total. The Hall–Kier alpha value is -7.18. The van der Waals surface area contributed by atoms with Crippen LogP contribution in [0.25, 0.3) is 21.7 Å². The summed E-state index contributed by atoms with van der Waals surface area (Å²) in [5.41, 5.74) is 14.0. The van der Waals surface area contributed by atoms with E-state index >= 15 is 0 Å². The van der Waals surface area contributed by atoms with Gasteiger partial charge in [0.05, 0.1) is 12.1 Å². The fourth-order valence-corrected chi connectivity index (χ4v) is 9.22. The van der Waals surface area contributed by atoms with Gasteiger partial charge in [0.1, 0.15) is 48.0 Å². The fraction of sp³-hybridized carbons (Fsp3) is 0.418. The summed E-state index contributed by atoms with van der Waals surface area (Å²) in [4.78, 5) is 114. The molecule has 0 aliphatic rings. The molecule has 0 aliphatic carbocycles. The van der Waals surface area contributed by atoms with Gasteiger partial charge in [-0.1, -0.05) is 86.6 Å². The zero-order valence-electron chi connectivity index (χ0n) is 44.1. The standard InChI is InChI=1S/C55H73N11O10S2/c1-30(2)46(55(76)64-45(29-78)54(75)66-47(31(3)67)48(57)69)65-49(70)40(15-9-10-22-56)60-52(73)43(26-36-27-59-39-14-8-7-13-38(36)39)62-51(72)42(24-32-17-20-37(68)21-18-32)61-53(74)44(28-77)63-50(71)41(58-4)25-33-16-19-34-11-5-6-12-35(34)23-33/h5-8,11-14,16-21,23,27,30-31,40-47,58-59,67-68,77-78H,9-10,15,22,24-26,28-29,56H2,1-4H3,(H2,57,69)(H,60,73)(H,61,74)(H,62,72)(H,63,71)(H,64,76)(H,65,70)(H,66,75)/t31-,40+,41+,42+,43-,44+,45+,46+,47+/m1/s1. The van der Waals surface area contributed by atoms with Crippen molar-refractivity contribution < 1.29 is 48.6 Å². The fourth-order valence-electron chi connectivity index (χ4n) is 8.71. The number of likely N-dealkylation sites (N-methyl/N-ethyl adjacent to an activating group) is 1. The second kappa shape index (κ2) is 30.1. The van der Waals surface area contributed by atoms with E-state index in [2.05, 4.69) is 72.8 Å². The van der Waals surface area contributed by atoms with Crippen LogP contribution < -0.4 is 54.0 Å². The summed E-state index contributed by atoms with van der Waals surface area (Å²) in [6.45, 7) is 4.83. The summed E-state index contributed by atoms with van der Waals surface area (Å²) < 4.78 is 0. The van der Waals surface area contributed by atoms with Crippen molar-refractivity contribution in [2.75, 3.05) is 25.1 Å². The zero-order chi connectivity index (χ0) is 57.1. The Labute approximate surface area is 464 Å². The Kier molecular flexibility index (Phi) is 23.8. The number of hydrogen-bond donors (Lipinski definition) is 15. The maximum atomic E-state index is 14.8. The number of carbonyl (C=O) groups is 8. The van der Waals surface area contributed by atoms with Crippen LogP contribution in [0.3, 0.4) is 0 Å². The lowest BCUT2D eigenvalue weighted by molar-refractivity contribution is -0.136. The molecular formula is C55H73N11O10S2. The van der Waals surface area contributed by atoms with Gasteiger partial charge in [-0.05, 0) is 97.8 Å². The average molecular weight is 1110 g/mol. The lowest BCUT2D eigenvalue weighted by atomic mass is 10.00. The SMILES string of the molecule is CN[C@@H](Cc1ccc2ccccc2c1)C(=O)N[C@@H](CS)C(=O)N[C@@H](Cc1ccc(O)cc1)C(=O)N[C@H](Cc1c[nH]c2ccccc12)C(=O)N[C@@H](CCCCN)C(=O)N[C@H](C(=O)N[C@@H](CS)C(=O)N[C@H](C(N)=O)[C@@H](C)O)C(C)C. The number of hydrogen-bond acceptors (Lipinski definition) is 14. The number of unbranched alkanes of at least 4 members (excludes halogenated alkanes) is 1. The molecule has 0 unspecified atom stereocenters. The van der Waals surface area contributed by atoms with E-state index in [0.717, 1.165) is 27.2 Å². The van der Waals surface area contributed by atoms with E-state index in [4.69, 9.17) is 11.5 Å². The van der Waals surface area contributed by atoms with E-state index in [-0.39, 0.29) is 43.1 Å². The number of nitrogens with two attached hydrogens (primary N) is 2. The molecule has 9 atom stereocenters. The van der Waals surface area contributed by atoms with Crippen LogP contribution in [0.5, 0.6) is 5.75 Å². The number of rotatable bonds is 30. The van der Waals surface area contributed by atoms with Crippen LogP contribution in [0.4, 0.5) is 0 Å². The maximum Gasteiger partial charge on any atom is 0.244 e. The third kappa shape index (κ3) is 17.7. The lowest BCUT2D eigenvalue weighted by Gasteiger charge is -2.29. The first-order valence-corrected chi connectivity index (χ1v) is 27.0. The van der Waals surface area contributed by atoms with E-state index in [1.54, 1.807) is 39.2 Å². The summed E-state index contributed by atoms with van der Waals surface area (Å²) >= 11 is 8.59. The lowest BCUT2D eigenvalue weighted by Crippen LogP contribution is -2.62. The van der Waals surface area contributed by atoms with Crippen LogP contribution in [0.2, 0.25) is 0 Å². The molecule has 4 aromatic carbocycles. The molecule has 1 aromatic heterocycles. The molecule has 5 rings (SSSR count). The molecule has 21 nitrogen and oxygen atoms in total. The zero-order valence-corrected chi connectivity index (χ0v) is 45.9. The van der Waals surface area contributed by atoms with Crippen molar-refractivity contribution in [3.63, 3.8) is 0 Å². The molecule has 0 bridgehead atoms. The molecule has 0 aliphatic heterocycles. The van der Waals surface area contributed by atoms with E-state index in [0.29, 0.717) is 30.4 Å². The number of aromatic hydroxyl groups is 1. The quantitative estimate of drug-likeness (QED) is 0.0222. The van der Waals surface area contributed by atoms with Crippen molar-refractivity contribution in [3.05, 3.63) is 114 Å². The van der Waals surface area contributed by atoms with Crippen LogP contribution in [0, 0.1) is 5.92 Å². The number of nitrogens with one attached hydrogen (secondary N) is 9. The number of H-pyrrole nitrogens is 1. The minimum Gasteiger partial charge on any atom is -0.508 e. The summed E-state index contributed by atoms with van der Waals surface area (Å²) in [5, 5.41) is 44.6. The number of thiol groups is 2. The Bertz CT molecular complexity index is 2870. The van der Waals surface area contributed by atoms with Crippen molar-refractivity contribution in [3.8, 4) is 5.75 Å². The first-order chi connectivity index (χ1) is 37.3. The van der Waals surface area contributed by atoms with Crippen LogP contribution >= 0.6 is 25.3 Å². The second-order valence-electron chi connectivity index (χ2n) is 19.5. The van der Waals surface area contributed by atoms with Gasteiger partial charge >= 0.3 is 0 Å². The van der Waals surface area contributed by atoms with Gasteiger partial charge in [-0.15, -0.1) is 0 Å². The Morgan fingerprint density at radius 2 is 1.06 bits per heavy atom. The van der Waals surface area contributed by atoms with Gasteiger partial charge in [-0.25, -0.2) is 0 Å². The molecule has 78 heavy (non-hydrogen) atoms. The molecular weight excluding hydrogens is 1040 g/mol. The summed E-state index contributed by atoms with van der Waals surface area (Å²) in [6, 6.07) is 17.0.